The Balaban J connectivity index is 4.37. The number of nitrogens with zero attached hydrogens (tertiary/aromatic N) is 1. The summed E-state index contributed by atoms with van der Waals surface area (Å²) in [7, 11) is 1.73. The molecule has 1 atom stereocenters. The van der Waals surface area contributed by atoms with Crippen LogP contribution in [-0.4, -0.2) is 51.5 Å². The van der Waals surface area contributed by atoms with Crippen LogP contribution in [-0.2, 0) is 9.59 Å². The molecule has 3 N–H and O–H groups in total. The van der Waals surface area contributed by atoms with E-state index in [1.54, 1.807) is 25.8 Å². The second-order valence-electron chi connectivity index (χ2n) is 4.81. The van der Waals surface area contributed by atoms with Gasteiger partial charge in [0, 0.05) is 17.8 Å². The number of nitrogens with two attached hydrogens (primary N) is 1. The highest BCUT2D eigenvalue weighted by Crippen LogP contribution is 2.27. The normalized spacial score (nSPS) is 13.6. The third-order valence-corrected chi connectivity index (χ3v) is 4.14. The van der Waals surface area contributed by atoms with Crippen LogP contribution in [0.1, 0.15) is 27.7 Å². The molecule has 1 amide bonds. The second kappa shape index (κ2) is 6.26. The van der Waals surface area contributed by atoms with E-state index in [0.717, 1.165) is 0 Å². The number of hydrogen-bond acceptors (Lipinski definition) is 4. The molecule has 0 aromatic rings. The zero-order valence-electron chi connectivity index (χ0n) is 11.1. The van der Waals surface area contributed by atoms with E-state index in [4.69, 9.17) is 10.8 Å². The van der Waals surface area contributed by atoms with Crippen molar-refractivity contribution < 1.29 is 14.7 Å². The molecule has 0 saturated heterocycles. The van der Waals surface area contributed by atoms with E-state index in [2.05, 4.69) is 0 Å². The second-order valence-corrected chi connectivity index (χ2v) is 6.44. The number of carboxylic acids is 1. The first kappa shape index (κ1) is 16.2. The molecule has 6 heteroatoms. The number of carbonyl (C=O) groups is 2. The van der Waals surface area contributed by atoms with Crippen LogP contribution in [0, 0.1) is 0 Å². The van der Waals surface area contributed by atoms with Crippen molar-refractivity contribution in [1.29, 1.82) is 0 Å². The summed E-state index contributed by atoms with van der Waals surface area (Å²) in [5, 5.41) is 8.85. The Kier molecular flexibility index (Phi) is 5.98. The Morgan fingerprint density at radius 3 is 2.24 bits per heavy atom. The van der Waals surface area contributed by atoms with Gasteiger partial charge in [-0.2, -0.15) is 0 Å². The lowest BCUT2D eigenvalue weighted by molar-refractivity contribution is -0.139. The molecular weight excluding hydrogens is 240 g/mol. The number of hydrogen-bond donors (Lipinski definition) is 2. The van der Waals surface area contributed by atoms with Crippen molar-refractivity contribution in [3.63, 3.8) is 0 Å². The van der Waals surface area contributed by atoms with Crippen LogP contribution in [0.15, 0.2) is 0 Å². The summed E-state index contributed by atoms with van der Waals surface area (Å²) in [6, 6.07) is -0.844. The molecule has 0 radical (unpaired) electrons. The molecule has 0 aliphatic heterocycles. The minimum absolute atomic E-state index is 0.0179. The van der Waals surface area contributed by atoms with E-state index in [0.29, 0.717) is 0 Å². The average molecular weight is 262 g/mol. The van der Waals surface area contributed by atoms with Gasteiger partial charge in [-0.15, -0.1) is 11.8 Å². The third kappa shape index (κ3) is 4.95. The molecule has 0 rings (SSSR count). The fourth-order valence-corrected chi connectivity index (χ4v) is 2.00. The Hall–Kier alpha value is -0.750. The van der Waals surface area contributed by atoms with E-state index in [1.807, 2.05) is 13.8 Å². The topological polar surface area (TPSA) is 83.6 Å². The van der Waals surface area contributed by atoms with Crippen molar-refractivity contribution >= 4 is 23.6 Å². The SMILES string of the molecule is CC(C)N(C)C(=O)CSC(C)(C)[C@@H](N)C(=O)O. The largest absolute Gasteiger partial charge is 0.480 e. The summed E-state index contributed by atoms with van der Waals surface area (Å²) in [5.41, 5.74) is 5.57. The van der Waals surface area contributed by atoms with Crippen LogP contribution in [0.25, 0.3) is 0 Å². The Bertz CT molecular complexity index is 292. The van der Waals surface area contributed by atoms with Crippen molar-refractivity contribution in [2.45, 2.75) is 44.5 Å². The van der Waals surface area contributed by atoms with Gasteiger partial charge in [-0.05, 0) is 27.7 Å². The summed E-state index contributed by atoms with van der Waals surface area (Å²) in [6.45, 7) is 7.33. The molecule has 0 fully saturated rings. The maximum atomic E-state index is 11.7. The van der Waals surface area contributed by atoms with Crippen LogP contribution in [0.3, 0.4) is 0 Å². The molecule has 17 heavy (non-hydrogen) atoms. The third-order valence-electron chi connectivity index (χ3n) is 2.75. The van der Waals surface area contributed by atoms with Crippen LogP contribution < -0.4 is 5.73 Å². The standard InChI is InChI=1S/C11H22N2O3S/c1-7(2)13(5)8(14)6-17-11(3,4)9(12)10(15)16/h7,9H,6,12H2,1-5H3,(H,15,16)/t9-/m0/s1. The minimum atomic E-state index is -1.05. The van der Waals surface area contributed by atoms with Crippen molar-refractivity contribution in [3.05, 3.63) is 0 Å². The van der Waals surface area contributed by atoms with Crippen LogP contribution in [0.2, 0.25) is 0 Å². The predicted octanol–water partition coefficient (Wildman–Crippen LogP) is 0.777. The molecule has 0 saturated carbocycles. The quantitative estimate of drug-likeness (QED) is 0.739. The molecule has 0 aliphatic rings. The summed E-state index contributed by atoms with van der Waals surface area (Å²) < 4.78 is -0.667. The van der Waals surface area contributed by atoms with Crippen molar-refractivity contribution in [3.8, 4) is 0 Å². The number of aliphatic carboxylic acids is 1. The van der Waals surface area contributed by atoms with Crippen LogP contribution >= 0.6 is 11.8 Å². The summed E-state index contributed by atoms with van der Waals surface area (Å²) >= 11 is 1.27. The van der Waals surface area contributed by atoms with E-state index < -0.39 is 16.8 Å². The van der Waals surface area contributed by atoms with Crippen molar-refractivity contribution in [2.75, 3.05) is 12.8 Å². The fraction of sp³-hybridized carbons (Fsp3) is 0.818. The number of rotatable bonds is 6. The molecule has 0 bridgehead atoms. The molecule has 0 unspecified atom stereocenters. The van der Waals surface area contributed by atoms with Gasteiger partial charge < -0.3 is 15.7 Å². The predicted molar refractivity (Wildman–Crippen MR) is 70.1 cm³/mol. The lowest BCUT2D eigenvalue weighted by atomic mass is 10.1. The zero-order valence-corrected chi connectivity index (χ0v) is 11.9. The first-order valence-electron chi connectivity index (χ1n) is 5.47. The first-order chi connectivity index (χ1) is 7.59. The summed E-state index contributed by atoms with van der Waals surface area (Å²) in [4.78, 5) is 24.2. The Labute approximate surface area is 107 Å². The van der Waals surface area contributed by atoms with E-state index in [9.17, 15) is 9.59 Å². The molecule has 0 aliphatic carbocycles. The minimum Gasteiger partial charge on any atom is -0.480 e. The zero-order chi connectivity index (χ0) is 13.8. The molecule has 0 aromatic carbocycles. The van der Waals surface area contributed by atoms with Gasteiger partial charge in [-0.3, -0.25) is 9.59 Å². The highest BCUT2D eigenvalue weighted by atomic mass is 32.2. The van der Waals surface area contributed by atoms with Gasteiger partial charge in [-0.25, -0.2) is 0 Å². The molecule has 0 heterocycles. The van der Waals surface area contributed by atoms with Crippen LogP contribution in [0.5, 0.6) is 0 Å². The van der Waals surface area contributed by atoms with E-state index >= 15 is 0 Å². The number of amides is 1. The number of carbonyl (C=O) groups excluding carboxylic acids is 1. The van der Waals surface area contributed by atoms with Gasteiger partial charge >= 0.3 is 5.97 Å². The molecule has 100 valence electrons. The molecule has 0 spiro atoms. The molecular formula is C11H22N2O3S. The van der Waals surface area contributed by atoms with Gasteiger partial charge in [-0.1, -0.05) is 0 Å². The monoisotopic (exact) mass is 262 g/mol. The molecule has 5 nitrogen and oxygen atoms in total. The highest BCUT2D eigenvalue weighted by Gasteiger charge is 2.33. The number of carboxylic acid groups (broad SMARTS) is 1. The van der Waals surface area contributed by atoms with Gasteiger partial charge in [0.05, 0.1) is 5.75 Å². The smallest absolute Gasteiger partial charge is 0.321 e. The van der Waals surface area contributed by atoms with Gasteiger partial charge in [0.2, 0.25) is 5.91 Å². The van der Waals surface area contributed by atoms with E-state index in [-0.39, 0.29) is 17.7 Å². The maximum absolute atomic E-state index is 11.7. The molecule has 0 aromatic heterocycles. The highest BCUT2D eigenvalue weighted by molar-refractivity contribution is 8.01. The lowest BCUT2D eigenvalue weighted by Gasteiger charge is -2.29. The van der Waals surface area contributed by atoms with Gasteiger partial charge in [0.25, 0.3) is 0 Å². The Morgan fingerprint density at radius 1 is 1.41 bits per heavy atom. The van der Waals surface area contributed by atoms with Gasteiger partial charge in [0.15, 0.2) is 0 Å². The van der Waals surface area contributed by atoms with E-state index in [1.165, 1.54) is 11.8 Å². The summed E-state index contributed by atoms with van der Waals surface area (Å²) in [5.74, 6) is -0.828. The van der Waals surface area contributed by atoms with Crippen molar-refractivity contribution in [1.82, 2.24) is 4.90 Å². The average Bonchev–Trinajstić information content (AvgIpc) is 2.23. The van der Waals surface area contributed by atoms with Crippen molar-refractivity contribution in [2.24, 2.45) is 5.73 Å². The summed E-state index contributed by atoms with van der Waals surface area (Å²) in [6.07, 6.45) is 0. The number of thioether (sulfide) groups is 1. The van der Waals surface area contributed by atoms with Crippen LogP contribution in [0.4, 0.5) is 0 Å². The van der Waals surface area contributed by atoms with Gasteiger partial charge in [0.1, 0.15) is 6.04 Å². The Morgan fingerprint density at radius 2 is 1.88 bits per heavy atom. The maximum Gasteiger partial charge on any atom is 0.321 e. The first-order valence-corrected chi connectivity index (χ1v) is 6.46. The lowest BCUT2D eigenvalue weighted by Crippen LogP contribution is -2.47. The fourth-order valence-electron chi connectivity index (χ4n) is 1.02.